The number of unbranched alkanes of at least 4 members (excludes halogenated alkanes) is 37. The van der Waals surface area contributed by atoms with Crippen LogP contribution in [-0.2, 0) is 28.6 Å². The zero-order valence-electron chi connectivity index (χ0n) is 43.9. The summed E-state index contributed by atoms with van der Waals surface area (Å²) in [5, 5.41) is 0. The highest BCUT2D eigenvalue weighted by atomic mass is 16.6. The Morgan fingerprint density at radius 2 is 0.516 bits per heavy atom. The molecule has 0 aromatic carbocycles. The van der Waals surface area contributed by atoms with E-state index in [1.54, 1.807) is 0 Å². The number of hydrogen-bond acceptors (Lipinski definition) is 6. The monoisotopic (exact) mass is 905 g/mol. The van der Waals surface area contributed by atoms with E-state index in [4.69, 9.17) is 14.2 Å². The van der Waals surface area contributed by atoms with Gasteiger partial charge < -0.3 is 14.2 Å². The summed E-state index contributed by atoms with van der Waals surface area (Å²) >= 11 is 0. The van der Waals surface area contributed by atoms with E-state index in [0.717, 1.165) is 69.6 Å². The molecule has 0 saturated carbocycles. The Hall–Kier alpha value is -1.59. The van der Waals surface area contributed by atoms with Gasteiger partial charge in [-0.05, 0) is 31.1 Å². The second-order valence-corrected chi connectivity index (χ2v) is 20.9. The summed E-state index contributed by atoms with van der Waals surface area (Å²) in [5.74, 6) is 0.809. The number of esters is 3. The molecule has 0 unspecified atom stereocenters. The van der Waals surface area contributed by atoms with Crippen molar-refractivity contribution in [2.45, 2.75) is 330 Å². The van der Waals surface area contributed by atoms with Gasteiger partial charge >= 0.3 is 17.9 Å². The third-order valence-electron chi connectivity index (χ3n) is 13.2. The molecule has 380 valence electrons. The smallest absolute Gasteiger partial charge is 0.306 e. The predicted octanol–water partition coefficient (Wildman–Crippen LogP) is 18.9. The molecule has 0 spiro atoms. The average Bonchev–Trinajstić information content (AvgIpc) is 3.27. The van der Waals surface area contributed by atoms with Gasteiger partial charge in [0.15, 0.2) is 6.10 Å². The van der Waals surface area contributed by atoms with Crippen molar-refractivity contribution in [2.75, 3.05) is 13.2 Å². The summed E-state index contributed by atoms with van der Waals surface area (Å²) in [7, 11) is 0. The minimum atomic E-state index is -0.763. The highest BCUT2D eigenvalue weighted by molar-refractivity contribution is 5.71. The van der Waals surface area contributed by atoms with Gasteiger partial charge in [-0.1, -0.05) is 285 Å². The lowest BCUT2D eigenvalue weighted by Gasteiger charge is -2.18. The van der Waals surface area contributed by atoms with Crippen molar-refractivity contribution in [2.24, 2.45) is 11.8 Å². The van der Waals surface area contributed by atoms with Crippen molar-refractivity contribution in [3.05, 3.63) is 0 Å². The number of carbonyl (C=O) groups is 3. The second kappa shape index (κ2) is 50.8. The van der Waals surface area contributed by atoms with Gasteiger partial charge in [0.25, 0.3) is 0 Å². The molecule has 64 heavy (non-hydrogen) atoms. The summed E-state index contributed by atoms with van der Waals surface area (Å²) in [6, 6.07) is 0. The standard InChI is InChI=1S/C58H112O6/c1-6-7-8-9-10-11-12-13-14-15-16-20-23-28-33-38-43-48-56(59)62-51-55(64-58(61)50-45-40-35-30-25-27-32-37-42-47-54(4)5)52-63-57(60)49-44-39-34-29-24-21-18-17-19-22-26-31-36-41-46-53(2)3/h53-55H,6-52H2,1-5H3/t55-/m1/s1. The molecule has 0 aliphatic heterocycles. The highest BCUT2D eigenvalue weighted by Crippen LogP contribution is 2.18. The van der Waals surface area contributed by atoms with Crippen molar-refractivity contribution in [3.63, 3.8) is 0 Å². The fourth-order valence-electron chi connectivity index (χ4n) is 8.87. The summed E-state index contributed by atoms with van der Waals surface area (Å²) in [5.41, 5.74) is 0. The molecule has 0 amide bonds. The minimum absolute atomic E-state index is 0.0631. The third-order valence-corrected chi connectivity index (χ3v) is 13.2. The Kier molecular flexibility index (Phi) is 49.6. The summed E-state index contributed by atoms with van der Waals surface area (Å²) in [4.78, 5) is 38.1. The molecule has 6 nitrogen and oxygen atoms in total. The Morgan fingerprint density at radius 1 is 0.297 bits per heavy atom. The van der Waals surface area contributed by atoms with Gasteiger partial charge in [0.05, 0.1) is 0 Å². The predicted molar refractivity (Wildman–Crippen MR) is 275 cm³/mol. The van der Waals surface area contributed by atoms with E-state index in [9.17, 15) is 14.4 Å². The van der Waals surface area contributed by atoms with Gasteiger partial charge in [-0.3, -0.25) is 14.4 Å². The van der Waals surface area contributed by atoms with E-state index >= 15 is 0 Å². The van der Waals surface area contributed by atoms with Crippen LogP contribution >= 0.6 is 0 Å². The minimum Gasteiger partial charge on any atom is -0.462 e. The van der Waals surface area contributed by atoms with Gasteiger partial charge in [-0.2, -0.15) is 0 Å². The van der Waals surface area contributed by atoms with Crippen LogP contribution < -0.4 is 0 Å². The van der Waals surface area contributed by atoms with Crippen molar-refractivity contribution in [3.8, 4) is 0 Å². The summed E-state index contributed by atoms with van der Waals surface area (Å²) in [6.07, 6.45) is 53.8. The fraction of sp³-hybridized carbons (Fsp3) is 0.948. The van der Waals surface area contributed by atoms with Crippen molar-refractivity contribution < 1.29 is 28.6 Å². The van der Waals surface area contributed by atoms with Crippen LogP contribution in [0.4, 0.5) is 0 Å². The molecule has 0 saturated heterocycles. The maximum Gasteiger partial charge on any atom is 0.306 e. The van der Waals surface area contributed by atoms with Crippen LogP contribution in [0.1, 0.15) is 324 Å². The van der Waals surface area contributed by atoms with Gasteiger partial charge in [0, 0.05) is 19.3 Å². The Labute approximate surface area is 399 Å². The highest BCUT2D eigenvalue weighted by Gasteiger charge is 2.19. The molecule has 0 heterocycles. The first-order chi connectivity index (χ1) is 31.2. The average molecular weight is 906 g/mol. The number of hydrogen-bond donors (Lipinski definition) is 0. The molecule has 0 rings (SSSR count). The number of rotatable bonds is 52. The first-order valence-electron chi connectivity index (χ1n) is 28.7. The van der Waals surface area contributed by atoms with Crippen molar-refractivity contribution >= 4 is 17.9 Å². The normalized spacial score (nSPS) is 12.0. The molecule has 6 heteroatoms. The second-order valence-electron chi connectivity index (χ2n) is 20.9. The number of carbonyl (C=O) groups excluding carboxylic acids is 3. The Bertz CT molecular complexity index is 978. The van der Waals surface area contributed by atoms with E-state index in [0.29, 0.717) is 19.3 Å². The van der Waals surface area contributed by atoms with E-state index in [2.05, 4.69) is 34.6 Å². The van der Waals surface area contributed by atoms with Crippen LogP contribution in [0.3, 0.4) is 0 Å². The Balaban J connectivity index is 4.27. The summed E-state index contributed by atoms with van der Waals surface area (Å²) in [6.45, 7) is 11.4. The molecule has 0 bridgehead atoms. The van der Waals surface area contributed by atoms with E-state index < -0.39 is 6.10 Å². The first-order valence-corrected chi connectivity index (χ1v) is 28.7. The summed E-state index contributed by atoms with van der Waals surface area (Å²) < 4.78 is 16.9. The van der Waals surface area contributed by atoms with Gasteiger partial charge in [0.2, 0.25) is 0 Å². The molecule has 0 aliphatic carbocycles. The van der Waals surface area contributed by atoms with Crippen LogP contribution in [0.25, 0.3) is 0 Å². The lowest BCUT2D eigenvalue weighted by Crippen LogP contribution is -2.30. The van der Waals surface area contributed by atoms with E-state index in [1.165, 1.54) is 212 Å². The first kappa shape index (κ1) is 62.4. The van der Waals surface area contributed by atoms with Gasteiger partial charge in [-0.15, -0.1) is 0 Å². The zero-order valence-corrected chi connectivity index (χ0v) is 43.9. The Morgan fingerprint density at radius 3 is 0.766 bits per heavy atom. The molecule has 0 aromatic heterocycles. The lowest BCUT2D eigenvalue weighted by atomic mass is 10.0. The van der Waals surface area contributed by atoms with Crippen LogP contribution in [-0.4, -0.2) is 37.2 Å². The van der Waals surface area contributed by atoms with Crippen LogP contribution in [0, 0.1) is 11.8 Å². The largest absolute Gasteiger partial charge is 0.462 e. The van der Waals surface area contributed by atoms with E-state index in [-0.39, 0.29) is 31.1 Å². The van der Waals surface area contributed by atoms with Crippen LogP contribution in [0.15, 0.2) is 0 Å². The van der Waals surface area contributed by atoms with Crippen LogP contribution in [0.2, 0.25) is 0 Å². The maximum absolute atomic E-state index is 12.8. The molecule has 0 N–H and O–H groups in total. The fourth-order valence-corrected chi connectivity index (χ4v) is 8.87. The molecule has 0 fully saturated rings. The topological polar surface area (TPSA) is 78.9 Å². The molecule has 0 aromatic rings. The maximum atomic E-state index is 12.8. The van der Waals surface area contributed by atoms with Crippen molar-refractivity contribution in [1.29, 1.82) is 0 Å². The molecule has 0 aliphatic rings. The zero-order chi connectivity index (χ0) is 46.8. The molecule has 1 atom stereocenters. The molecular weight excluding hydrogens is 793 g/mol. The van der Waals surface area contributed by atoms with Crippen molar-refractivity contribution in [1.82, 2.24) is 0 Å². The lowest BCUT2D eigenvalue weighted by molar-refractivity contribution is -0.167. The third kappa shape index (κ3) is 51.4. The molecule has 0 radical (unpaired) electrons. The van der Waals surface area contributed by atoms with Crippen LogP contribution in [0.5, 0.6) is 0 Å². The molecular formula is C58H112O6. The van der Waals surface area contributed by atoms with Gasteiger partial charge in [0.1, 0.15) is 13.2 Å². The quantitative estimate of drug-likeness (QED) is 0.0344. The van der Waals surface area contributed by atoms with Gasteiger partial charge in [-0.25, -0.2) is 0 Å². The SMILES string of the molecule is CCCCCCCCCCCCCCCCCCCC(=O)OC[C@H](COC(=O)CCCCCCCCCCCCCCCCC(C)C)OC(=O)CCCCCCCCCCCC(C)C. The number of ether oxygens (including phenoxy) is 3. The van der Waals surface area contributed by atoms with E-state index in [1.807, 2.05) is 0 Å².